The van der Waals surface area contributed by atoms with Crippen molar-refractivity contribution in [2.45, 2.75) is 26.2 Å². The second kappa shape index (κ2) is 6.30. The van der Waals surface area contributed by atoms with Crippen molar-refractivity contribution in [2.75, 3.05) is 22.9 Å². The molecule has 2 aromatic rings. The van der Waals surface area contributed by atoms with Crippen LogP contribution in [-0.2, 0) is 17.6 Å². The van der Waals surface area contributed by atoms with Crippen LogP contribution in [0.4, 0.5) is 11.4 Å². The molecule has 0 bridgehead atoms. The number of anilines is 2. The highest BCUT2D eigenvalue weighted by atomic mass is 79.9. The maximum atomic E-state index is 13.0. The molecule has 0 saturated heterocycles. The fraction of sp³-hybridized carbons (Fsp3) is 0.300. The summed E-state index contributed by atoms with van der Waals surface area (Å²) in [6.45, 7) is 3.30. The lowest BCUT2D eigenvalue weighted by Gasteiger charge is -2.19. The minimum absolute atomic E-state index is 0.0316. The van der Waals surface area contributed by atoms with Gasteiger partial charge in [0.1, 0.15) is 0 Å². The van der Waals surface area contributed by atoms with Gasteiger partial charge in [-0.15, -0.1) is 0 Å². The van der Waals surface area contributed by atoms with Gasteiger partial charge in [-0.25, -0.2) is 0 Å². The van der Waals surface area contributed by atoms with Crippen LogP contribution in [0.5, 0.6) is 0 Å². The first-order chi connectivity index (χ1) is 12.1. The topological polar surface area (TPSA) is 40.6 Å². The van der Waals surface area contributed by atoms with Crippen molar-refractivity contribution >= 4 is 39.1 Å². The van der Waals surface area contributed by atoms with E-state index in [1.165, 1.54) is 5.56 Å². The molecule has 0 fully saturated rings. The number of benzene rings is 2. The van der Waals surface area contributed by atoms with Gasteiger partial charge >= 0.3 is 0 Å². The zero-order chi connectivity index (χ0) is 17.6. The van der Waals surface area contributed by atoms with Crippen molar-refractivity contribution in [1.82, 2.24) is 0 Å². The number of carbonyl (C=O) groups is 2. The lowest BCUT2D eigenvalue weighted by molar-refractivity contribution is -0.118. The summed E-state index contributed by atoms with van der Waals surface area (Å²) >= 11 is 3.49. The first-order valence-corrected chi connectivity index (χ1v) is 9.41. The van der Waals surface area contributed by atoms with Gasteiger partial charge < -0.3 is 9.80 Å². The molecule has 0 radical (unpaired) electrons. The van der Waals surface area contributed by atoms with Crippen LogP contribution in [0.15, 0.2) is 40.9 Å². The Kier molecular flexibility index (Phi) is 4.12. The van der Waals surface area contributed by atoms with Crippen LogP contribution in [0, 0.1) is 0 Å². The molecular formula is C20H19BrN2O2. The van der Waals surface area contributed by atoms with Crippen molar-refractivity contribution in [3.05, 3.63) is 57.6 Å². The van der Waals surface area contributed by atoms with E-state index in [1.807, 2.05) is 47.1 Å². The van der Waals surface area contributed by atoms with Crippen LogP contribution in [0.1, 0.15) is 34.8 Å². The Labute approximate surface area is 155 Å². The average molecular weight is 399 g/mol. The van der Waals surface area contributed by atoms with E-state index in [-0.39, 0.29) is 11.8 Å². The third kappa shape index (κ3) is 2.76. The predicted octanol–water partition coefficient (Wildman–Crippen LogP) is 3.95. The minimum Gasteiger partial charge on any atom is -0.312 e. The van der Waals surface area contributed by atoms with E-state index < -0.39 is 0 Å². The third-order valence-corrected chi connectivity index (χ3v) is 5.50. The van der Waals surface area contributed by atoms with Crippen molar-refractivity contribution in [2.24, 2.45) is 0 Å². The van der Waals surface area contributed by atoms with Crippen LogP contribution in [0.3, 0.4) is 0 Å². The van der Waals surface area contributed by atoms with Gasteiger partial charge in [0, 0.05) is 40.9 Å². The number of nitrogens with zero attached hydrogens (tertiary/aromatic N) is 2. The van der Waals surface area contributed by atoms with Gasteiger partial charge in [0.15, 0.2) is 0 Å². The molecule has 2 aliphatic rings. The van der Waals surface area contributed by atoms with E-state index in [1.54, 1.807) is 0 Å². The van der Waals surface area contributed by atoms with Crippen LogP contribution in [0.2, 0.25) is 0 Å². The predicted molar refractivity (Wildman–Crippen MR) is 102 cm³/mol. The molecule has 128 valence electrons. The molecule has 5 heteroatoms. The molecule has 0 aromatic heterocycles. The van der Waals surface area contributed by atoms with Crippen LogP contribution in [0.25, 0.3) is 0 Å². The number of amides is 2. The highest BCUT2D eigenvalue weighted by Crippen LogP contribution is 2.33. The van der Waals surface area contributed by atoms with Gasteiger partial charge in [-0.05, 0) is 60.4 Å². The molecule has 0 N–H and O–H groups in total. The van der Waals surface area contributed by atoms with Gasteiger partial charge in [0.05, 0.1) is 0 Å². The molecule has 2 heterocycles. The normalized spacial score (nSPS) is 15.3. The summed E-state index contributed by atoms with van der Waals surface area (Å²) < 4.78 is 1.04. The molecule has 0 aliphatic carbocycles. The summed E-state index contributed by atoms with van der Waals surface area (Å²) in [5.41, 5.74) is 4.93. The number of hydrogen-bond donors (Lipinski definition) is 0. The highest BCUT2D eigenvalue weighted by molar-refractivity contribution is 9.10. The van der Waals surface area contributed by atoms with Crippen LogP contribution in [-0.4, -0.2) is 24.9 Å². The number of hydrogen-bond acceptors (Lipinski definition) is 2. The standard InChI is InChI=1S/C20H19BrN2O2/c1-2-19(24)22-9-7-13-11-15(3-5-17(13)22)20(25)23-10-8-14-12-16(21)4-6-18(14)23/h3-6,11-12H,2,7-10H2,1H3. The number of halogens is 1. The Hall–Kier alpha value is -2.14. The van der Waals surface area contributed by atoms with Crippen LogP contribution >= 0.6 is 15.9 Å². The molecule has 2 amide bonds. The Morgan fingerprint density at radius 2 is 1.60 bits per heavy atom. The fourth-order valence-electron chi connectivity index (χ4n) is 3.72. The molecule has 0 unspecified atom stereocenters. The second-order valence-corrected chi connectivity index (χ2v) is 7.39. The summed E-state index contributed by atoms with van der Waals surface area (Å²) in [7, 11) is 0. The number of fused-ring (bicyclic) bond motifs is 2. The Morgan fingerprint density at radius 1 is 0.960 bits per heavy atom. The molecule has 4 rings (SSSR count). The summed E-state index contributed by atoms with van der Waals surface area (Å²) in [4.78, 5) is 28.7. The van der Waals surface area contributed by atoms with Crippen LogP contribution < -0.4 is 9.80 Å². The minimum atomic E-state index is 0.0316. The zero-order valence-corrected chi connectivity index (χ0v) is 15.7. The third-order valence-electron chi connectivity index (χ3n) is 5.01. The van der Waals surface area contributed by atoms with Crippen molar-refractivity contribution in [1.29, 1.82) is 0 Å². The van der Waals surface area contributed by atoms with E-state index in [0.29, 0.717) is 25.1 Å². The second-order valence-electron chi connectivity index (χ2n) is 6.47. The molecule has 25 heavy (non-hydrogen) atoms. The first kappa shape index (κ1) is 16.3. The van der Waals surface area contributed by atoms with E-state index in [9.17, 15) is 9.59 Å². The van der Waals surface area contributed by atoms with E-state index in [4.69, 9.17) is 0 Å². The summed E-state index contributed by atoms with van der Waals surface area (Å²) in [5, 5.41) is 0. The monoisotopic (exact) mass is 398 g/mol. The van der Waals surface area contributed by atoms with Gasteiger partial charge in [0.25, 0.3) is 5.91 Å². The lowest BCUT2D eigenvalue weighted by atomic mass is 10.1. The van der Waals surface area contributed by atoms with E-state index >= 15 is 0 Å². The number of carbonyl (C=O) groups excluding carboxylic acids is 2. The first-order valence-electron chi connectivity index (χ1n) is 8.62. The molecule has 0 saturated carbocycles. The zero-order valence-electron chi connectivity index (χ0n) is 14.1. The maximum absolute atomic E-state index is 13.0. The maximum Gasteiger partial charge on any atom is 0.258 e. The molecule has 4 nitrogen and oxygen atoms in total. The van der Waals surface area contributed by atoms with Gasteiger partial charge in [-0.2, -0.15) is 0 Å². The van der Waals surface area contributed by atoms with E-state index in [2.05, 4.69) is 22.0 Å². The summed E-state index contributed by atoms with van der Waals surface area (Å²) in [6.07, 6.45) is 2.19. The lowest BCUT2D eigenvalue weighted by Crippen LogP contribution is -2.29. The summed E-state index contributed by atoms with van der Waals surface area (Å²) in [6, 6.07) is 11.8. The molecule has 0 spiro atoms. The largest absolute Gasteiger partial charge is 0.312 e. The van der Waals surface area contributed by atoms with Crippen molar-refractivity contribution in [3.63, 3.8) is 0 Å². The van der Waals surface area contributed by atoms with Gasteiger partial charge in [0.2, 0.25) is 5.91 Å². The number of rotatable bonds is 2. The highest BCUT2D eigenvalue weighted by Gasteiger charge is 2.28. The Morgan fingerprint density at radius 3 is 2.36 bits per heavy atom. The molecular weight excluding hydrogens is 380 g/mol. The fourth-order valence-corrected chi connectivity index (χ4v) is 4.13. The SMILES string of the molecule is CCC(=O)N1CCc2cc(C(=O)N3CCc4cc(Br)ccc43)ccc21. The quantitative estimate of drug-likeness (QED) is 0.768. The molecule has 0 atom stereocenters. The van der Waals surface area contributed by atoms with E-state index in [0.717, 1.165) is 34.3 Å². The summed E-state index contributed by atoms with van der Waals surface area (Å²) in [5.74, 6) is 0.168. The van der Waals surface area contributed by atoms with Gasteiger partial charge in [-0.1, -0.05) is 22.9 Å². The van der Waals surface area contributed by atoms with Crippen molar-refractivity contribution < 1.29 is 9.59 Å². The van der Waals surface area contributed by atoms with Gasteiger partial charge in [-0.3, -0.25) is 9.59 Å². The molecule has 2 aliphatic heterocycles. The Bertz CT molecular complexity index is 878. The van der Waals surface area contributed by atoms with Crippen molar-refractivity contribution in [3.8, 4) is 0 Å². The molecule has 2 aromatic carbocycles. The smallest absolute Gasteiger partial charge is 0.258 e. The average Bonchev–Trinajstić information content (AvgIpc) is 3.23. The Balaban J connectivity index is 1.62.